The van der Waals surface area contributed by atoms with Crippen LogP contribution in [0.5, 0.6) is 0 Å². The zero-order valence-corrected chi connectivity index (χ0v) is 17.3. The average molecular weight is 494 g/mol. The van der Waals surface area contributed by atoms with E-state index in [9.17, 15) is 13.2 Å². The van der Waals surface area contributed by atoms with Gasteiger partial charge < -0.3 is 9.15 Å². The first-order chi connectivity index (χ1) is 12.8. The molecule has 0 fully saturated rings. The summed E-state index contributed by atoms with van der Waals surface area (Å²) in [7, 11) is -4.11. The second-order valence-corrected chi connectivity index (χ2v) is 8.69. The zero-order valence-electron chi connectivity index (χ0n) is 13.4. The van der Waals surface area contributed by atoms with Crippen molar-refractivity contribution in [1.82, 2.24) is 9.71 Å². The Kier molecular flexibility index (Phi) is 6.07. The molecule has 0 aliphatic rings. The summed E-state index contributed by atoms with van der Waals surface area (Å²) in [4.78, 5) is 15.7. The second kappa shape index (κ2) is 8.15. The topological polar surface area (TPSA) is 98.5 Å². The van der Waals surface area contributed by atoms with Crippen molar-refractivity contribution >= 4 is 66.2 Å². The van der Waals surface area contributed by atoms with Crippen LogP contribution in [0.25, 0.3) is 11.1 Å². The average Bonchev–Trinajstić information content (AvgIpc) is 3.00. The molecule has 3 rings (SSSR count). The van der Waals surface area contributed by atoms with Crippen LogP contribution in [0.3, 0.4) is 0 Å². The van der Waals surface area contributed by atoms with Crippen molar-refractivity contribution in [3.63, 3.8) is 0 Å². The Labute approximate surface area is 172 Å². The van der Waals surface area contributed by atoms with E-state index < -0.39 is 22.5 Å². The third-order valence-electron chi connectivity index (χ3n) is 3.33. The summed E-state index contributed by atoms with van der Waals surface area (Å²) in [6, 6.07) is 9.84. The molecule has 0 bridgehead atoms. The molecule has 0 atom stereocenters. The molecule has 2 aromatic carbocycles. The molecule has 11 heteroatoms. The number of ether oxygens (including phenoxy) is 1. The molecule has 0 radical (unpaired) electrons. The first-order valence-electron chi connectivity index (χ1n) is 7.40. The molecule has 142 valence electrons. The minimum Gasteiger partial charge on any atom is -0.455 e. The highest BCUT2D eigenvalue weighted by molar-refractivity contribution is 9.10. The number of benzene rings is 2. The number of para-hydroxylation sites is 2. The Morgan fingerprint density at radius 1 is 1.22 bits per heavy atom. The lowest BCUT2D eigenvalue weighted by atomic mass is 10.3. The van der Waals surface area contributed by atoms with E-state index in [1.54, 1.807) is 24.3 Å². The summed E-state index contributed by atoms with van der Waals surface area (Å²) in [5, 5.41) is -0.163. The fourth-order valence-corrected chi connectivity index (χ4v) is 5.09. The lowest BCUT2D eigenvalue weighted by Gasteiger charge is -2.10. The van der Waals surface area contributed by atoms with E-state index in [1.165, 1.54) is 12.1 Å². The van der Waals surface area contributed by atoms with Gasteiger partial charge in [0.25, 0.3) is 0 Å². The highest BCUT2D eigenvalue weighted by Crippen LogP contribution is 2.32. The van der Waals surface area contributed by atoms with E-state index in [2.05, 4.69) is 25.6 Å². The van der Waals surface area contributed by atoms with Gasteiger partial charge in [-0.25, -0.2) is 13.4 Å². The van der Waals surface area contributed by atoms with Crippen LogP contribution in [0.15, 0.2) is 50.2 Å². The van der Waals surface area contributed by atoms with Gasteiger partial charge in [0.15, 0.2) is 12.2 Å². The number of esters is 1. The lowest BCUT2D eigenvalue weighted by molar-refractivity contribution is -0.144. The number of aromatic nitrogens is 1. The third-order valence-corrected chi connectivity index (χ3v) is 6.11. The van der Waals surface area contributed by atoms with Crippen LogP contribution < -0.4 is 4.72 Å². The predicted octanol–water partition coefficient (Wildman–Crippen LogP) is 3.92. The first-order valence-corrected chi connectivity index (χ1v) is 10.4. The molecule has 1 N–H and O–H groups in total. The van der Waals surface area contributed by atoms with Crippen molar-refractivity contribution in [1.29, 1.82) is 0 Å². The van der Waals surface area contributed by atoms with E-state index in [0.29, 0.717) is 15.6 Å². The maximum Gasteiger partial charge on any atom is 0.321 e. The Morgan fingerprint density at radius 2 is 1.89 bits per heavy atom. The van der Waals surface area contributed by atoms with Crippen molar-refractivity contribution in [3.8, 4) is 0 Å². The SMILES string of the molecule is O=C(CNS(=O)(=O)c1c(Cl)cc(Br)cc1Cl)OCc1nc2ccccc2o1. The summed E-state index contributed by atoms with van der Waals surface area (Å²) in [5.41, 5.74) is 1.19. The second-order valence-electron chi connectivity index (χ2n) is 5.26. The molecule has 1 aromatic heterocycles. The van der Waals surface area contributed by atoms with Crippen molar-refractivity contribution in [3.05, 3.63) is 56.8 Å². The Balaban J connectivity index is 1.61. The zero-order chi connectivity index (χ0) is 19.6. The van der Waals surface area contributed by atoms with Gasteiger partial charge in [0, 0.05) is 4.47 Å². The summed E-state index contributed by atoms with van der Waals surface area (Å²) in [6.07, 6.45) is 0. The van der Waals surface area contributed by atoms with E-state index in [-0.39, 0.29) is 27.4 Å². The molecule has 0 spiro atoms. The number of rotatable bonds is 6. The highest BCUT2D eigenvalue weighted by atomic mass is 79.9. The van der Waals surface area contributed by atoms with Gasteiger partial charge in [-0.3, -0.25) is 4.79 Å². The molecule has 0 saturated heterocycles. The molecule has 0 aliphatic heterocycles. The number of halogens is 3. The Bertz CT molecular complexity index is 1060. The molecule has 0 amide bonds. The molecule has 3 aromatic rings. The van der Waals surface area contributed by atoms with Crippen molar-refractivity contribution < 1.29 is 22.4 Å². The number of hydrogen-bond donors (Lipinski definition) is 1. The minimum atomic E-state index is -4.11. The number of nitrogens with one attached hydrogen (secondary N) is 1. The predicted molar refractivity (Wildman–Crippen MR) is 103 cm³/mol. The smallest absolute Gasteiger partial charge is 0.321 e. The molecule has 7 nitrogen and oxygen atoms in total. The maximum atomic E-state index is 12.3. The standard InChI is InChI=1S/C16H11BrCl2N2O5S/c17-9-5-10(18)16(11(19)6-9)27(23,24)20-7-15(22)25-8-14-21-12-3-1-2-4-13(12)26-14/h1-6,20H,7-8H2. The fraction of sp³-hybridized carbons (Fsp3) is 0.125. The van der Waals surface area contributed by atoms with E-state index in [4.69, 9.17) is 32.4 Å². The summed E-state index contributed by atoms with van der Waals surface area (Å²) < 4.78 is 37.7. The third kappa shape index (κ3) is 4.80. The van der Waals surface area contributed by atoms with Gasteiger partial charge in [-0.15, -0.1) is 0 Å². The fourth-order valence-electron chi connectivity index (χ4n) is 2.19. The van der Waals surface area contributed by atoms with Crippen LogP contribution in [0.2, 0.25) is 10.0 Å². The highest BCUT2D eigenvalue weighted by Gasteiger charge is 2.23. The van der Waals surface area contributed by atoms with Gasteiger partial charge in [-0.1, -0.05) is 51.3 Å². The van der Waals surface area contributed by atoms with Crippen LogP contribution >= 0.6 is 39.1 Å². The Morgan fingerprint density at radius 3 is 2.56 bits per heavy atom. The van der Waals surface area contributed by atoms with Crippen LogP contribution in [0.4, 0.5) is 0 Å². The van der Waals surface area contributed by atoms with Crippen LogP contribution in [-0.4, -0.2) is 25.9 Å². The maximum absolute atomic E-state index is 12.3. The number of sulfonamides is 1. The van der Waals surface area contributed by atoms with Crippen molar-refractivity contribution in [2.24, 2.45) is 0 Å². The molecular weight excluding hydrogens is 483 g/mol. The van der Waals surface area contributed by atoms with Crippen molar-refractivity contribution in [2.45, 2.75) is 11.5 Å². The lowest BCUT2D eigenvalue weighted by Crippen LogP contribution is -2.31. The van der Waals surface area contributed by atoms with Crippen LogP contribution in [0, 0.1) is 0 Å². The van der Waals surface area contributed by atoms with Gasteiger partial charge >= 0.3 is 5.97 Å². The number of fused-ring (bicyclic) bond motifs is 1. The van der Waals surface area contributed by atoms with Crippen molar-refractivity contribution in [2.75, 3.05) is 6.54 Å². The van der Waals surface area contributed by atoms with E-state index in [1.807, 2.05) is 0 Å². The number of oxazole rings is 1. The molecule has 1 heterocycles. The molecule has 0 unspecified atom stereocenters. The monoisotopic (exact) mass is 492 g/mol. The summed E-state index contributed by atoms with van der Waals surface area (Å²) in [6.45, 7) is -0.833. The van der Waals surface area contributed by atoms with Gasteiger partial charge in [0.05, 0.1) is 10.0 Å². The van der Waals surface area contributed by atoms with E-state index in [0.717, 1.165) is 0 Å². The van der Waals surface area contributed by atoms with Gasteiger partial charge in [-0.2, -0.15) is 4.72 Å². The van der Waals surface area contributed by atoms with E-state index >= 15 is 0 Å². The van der Waals surface area contributed by atoms with Gasteiger partial charge in [0.2, 0.25) is 15.9 Å². The molecule has 0 aliphatic carbocycles. The molecular formula is C16H11BrCl2N2O5S. The molecule has 27 heavy (non-hydrogen) atoms. The van der Waals surface area contributed by atoms with Gasteiger partial charge in [0.1, 0.15) is 17.0 Å². The first kappa shape index (κ1) is 20.1. The number of carbonyl (C=O) groups is 1. The van der Waals surface area contributed by atoms with Crippen LogP contribution in [-0.2, 0) is 26.2 Å². The normalized spacial score (nSPS) is 11.7. The van der Waals surface area contributed by atoms with Crippen LogP contribution in [0.1, 0.15) is 5.89 Å². The minimum absolute atomic E-state index is 0.0817. The number of carbonyl (C=O) groups excluding carboxylic acids is 1. The number of hydrogen-bond acceptors (Lipinski definition) is 6. The quantitative estimate of drug-likeness (QED) is 0.522. The summed E-state index contributed by atoms with van der Waals surface area (Å²) in [5.74, 6) is -0.614. The Hall–Kier alpha value is -1.65. The number of nitrogens with zero attached hydrogens (tertiary/aromatic N) is 1. The largest absolute Gasteiger partial charge is 0.455 e. The van der Waals surface area contributed by atoms with Gasteiger partial charge in [-0.05, 0) is 24.3 Å². The molecule has 0 saturated carbocycles. The summed E-state index contributed by atoms with van der Waals surface area (Å²) >= 11 is 15.0.